The minimum absolute atomic E-state index is 0.106. The average Bonchev–Trinajstić information content (AvgIpc) is 2.72. The Morgan fingerprint density at radius 3 is 2.47 bits per heavy atom. The number of ether oxygens (including phenoxy) is 1. The molecule has 0 unspecified atom stereocenters. The Bertz CT molecular complexity index is 1080. The summed E-state index contributed by atoms with van der Waals surface area (Å²) < 4.78 is 7.04. The minimum Gasteiger partial charge on any atom is -0.380 e. The second kappa shape index (κ2) is 7.62. The molecule has 0 aliphatic carbocycles. The Balaban J connectivity index is 1.49. The van der Waals surface area contributed by atoms with E-state index in [9.17, 15) is 4.79 Å². The molecule has 30 heavy (non-hydrogen) atoms. The smallest absolute Gasteiger partial charge is 0.298 e. The van der Waals surface area contributed by atoms with Crippen molar-refractivity contribution in [2.24, 2.45) is 11.1 Å². The highest BCUT2D eigenvalue weighted by molar-refractivity contribution is 5.57. The number of rotatable bonds is 6. The van der Waals surface area contributed by atoms with E-state index in [1.54, 1.807) is 23.0 Å². The van der Waals surface area contributed by atoms with Crippen molar-refractivity contribution in [2.45, 2.75) is 12.8 Å². The van der Waals surface area contributed by atoms with Crippen molar-refractivity contribution in [1.82, 2.24) is 19.5 Å². The summed E-state index contributed by atoms with van der Waals surface area (Å²) in [5.74, 6) is 1.17. The lowest BCUT2D eigenvalue weighted by atomic mass is 9.78. The van der Waals surface area contributed by atoms with Crippen LogP contribution >= 0.6 is 0 Å². The first-order valence-corrected chi connectivity index (χ1v) is 10.2. The van der Waals surface area contributed by atoms with Gasteiger partial charge in [-0.2, -0.15) is 0 Å². The molecular formula is C22H24N6O2. The zero-order valence-corrected chi connectivity index (χ0v) is 16.7. The molecule has 1 aromatic carbocycles. The highest BCUT2D eigenvalue weighted by atomic mass is 16.5. The second-order valence-corrected chi connectivity index (χ2v) is 8.09. The van der Waals surface area contributed by atoms with E-state index in [0.29, 0.717) is 18.2 Å². The molecule has 154 valence electrons. The third-order valence-electron chi connectivity index (χ3n) is 5.71. The Kier molecular flexibility index (Phi) is 4.80. The first-order valence-electron chi connectivity index (χ1n) is 10.2. The molecule has 0 saturated carbocycles. The Labute approximate surface area is 174 Å². The van der Waals surface area contributed by atoms with E-state index in [1.165, 1.54) is 0 Å². The second-order valence-electron chi connectivity index (χ2n) is 8.09. The van der Waals surface area contributed by atoms with Gasteiger partial charge >= 0.3 is 0 Å². The summed E-state index contributed by atoms with van der Waals surface area (Å²) in [5.41, 5.74) is 8.36. The standard InChI is InChI=1S/C22H24N6O2/c23-8-1-3-17-11-28(18-6-4-16(5-7-18)19-24-9-2-10-25-19)21(29)20(26-17)27-12-22(13-27)14-30-15-22/h2,4-7,9-11H,1,3,8,12-15,23H2. The van der Waals surface area contributed by atoms with Gasteiger partial charge in [-0.05, 0) is 49.7 Å². The topological polar surface area (TPSA) is 99.2 Å². The zero-order chi connectivity index (χ0) is 20.6. The van der Waals surface area contributed by atoms with Gasteiger partial charge in [0, 0.05) is 42.9 Å². The van der Waals surface area contributed by atoms with Gasteiger partial charge in [-0.25, -0.2) is 15.0 Å². The predicted molar refractivity (Wildman–Crippen MR) is 114 cm³/mol. The third kappa shape index (κ3) is 3.38. The van der Waals surface area contributed by atoms with Gasteiger partial charge in [-0.1, -0.05) is 0 Å². The van der Waals surface area contributed by atoms with Gasteiger partial charge in [0.1, 0.15) is 0 Å². The first-order chi connectivity index (χ1) is 14.7. The van der Waals surface area contributed by atoms with Gasteiger partial charge < -0.3 is 15.4 Å². The van der Waals surface area contributed by atoms with E-state index in [4.69, 9.17) is 10.5 Å². The van der Waals surface area contributed by atoms with Crippen LogP contribution in [0.15, 0.2) is 53.7 Å². The number of aromatic nitrogens is 4. The van der Waals surface area contributed by atoms with Crippen LogP contribution in [0, 0.1) is 5.41 Å². The summed E-state index contributed by atoms with van der Waals surface area (Å²) in [6.45, 7) is 3.77. The maximum absolute atomic E-state index is 13.3. The van der Waals surface area contributed by atoms with Crippen molar-refractivity contribution in [2.75, 3.05) is 37.7 Å². The molecular weight excluding hydrogens is 380 g/mol. The van der Waals surface area contributed by atoms with Crippen molar-refractivity contribution >= 4 is 5.82 Å². The molecule has 0 amide bonds. The maximum Gasteiger partial charge on any atom is 0.298 e. The number of benzene rings is 1. The zero-order valence-electron chi connectivity index (χ0n) is 16.7. The molecule has 3 aromatic rings. The van der Waals surface area contributed by atoms with Gasteiger partial charge in [0.25, 0.3) is 5.56 Å². The van der Waals surface area contributed by atoms with Crippen molar-refractivity contribution in [3.63, 3.8) is 0 Å². The molecule has 2 fully saturated rings. The van der Waals surface area contributed by atoms with Crippen LogP contribution in [0.4, 0.5) is 5.82 Å². The fraction of sp³-hybridized carbons (Fsp3) is 0.364. The molecule has 5 rings (SSSR count). The highest BCUT2D eigenvalue weighted by Crippen LogP contribution is 2.38. The minimum atomic E-state index is -0.106. The highest BCUT2D eigenvalue weighted by Gasteiger charge is 2.50. The van der Waals surface area contributed by atoms with Crippen LogP contribution < -0.4 is 16.2 Å². The SMILES string of the molecule is NCCCc1cn(-c2ccc(-c3ncccn3)cc2)c(=O)c(N2CC3(COC3)C2)n1. The van der Waals surface area contributed by atoms with E-state index in [-0.39, 0.29) is 11.0 Å². The number of anilines is 1. The van der Waals surface area contributed by atoms with Crippen LogP contribution in [-0.4, -0.2) is 52.4 Å². The van der Waals surface area contributed by atoms with Crippen molar-refractivity contribution in [3.8, 4) is 17.1 Å². The van der Waals surface area contributed by atoms with Crippen molar-refractivity contribution < 1.29 is 4.74 Å². The molecule has 0 radical (unpaired) electrons. The van der Waals surface area contributed by atoms with E-state index in [0.717, 1.165) is 56.1 Å². The normalized spacial score (nSPS) is 16.9. The molecule has 2 aliphatic rings. The fourth-order valence-corrected chi connectivity index (χ4v) is 4.04. The molecule has 0 atom stereocenters. The lowest BCUT2D eigenvalue weighted by Crippen LogP contribution is -2.67. The summed E-state index contributed by atoms with van der Waals surface area (Å²) in [4.78, 5) is 28.6. The van der Waals surface area contributed by atoms with Crippen molar-refractivity contribution in [3.05, 3.63) is 65.0 Å². The average molecular weight is 404 g/mol. The predicted octanol–water partition coefficient (Wildman–Crippen LogP) is 1.42. The molecule has 2 aromatic heterocycles. The van der Waals surface area contributed by atoms with E-state index >= 15 is 0 Å². The number of aryl methyl sites for hydroxylation is 1. The number of nitrogens with two attached hydrogens (primary N) is 1. The van der Waals surface area contributed by atoms with Gasteiger partial charge in [-0.3, -0.25) is 9.36 Å². The number of nitrogens with zero attached hydrogens (tertiary/aromatic N) is 5. The molecule has 2 N–H and O–H groups in total. The third-order valence-corrected chi connectivity index (χ3v) is 5.71. The number of hydrogen-bond acceptors (Lipinski definition) is 7. The maximum atomic E-state index is 13.3. The fourth-order valence-electron chi connectivity index (χ4n) is 4.04. The molecule has 0 bridgehead atoms. The molecule has 8 nitrogen and oxygen atoms in total. The van der Waals surface area contributed by atoms with Crippen LogP contribution in [0.2, 0.25) is 0 Å². The molecule has 2 aliphatic heterocycles. The van der Waals surface area contributed by atoms with Crippen molar-refractivity contribution in [1.29, 1.82) is 0 Å². The first kappa shape index (κ1) is 18.9. The number of hydrogen-bond donors (Lipinski definition) is 1. The van der Waals surface area contributed by atoms with Crippen LogP contribution in [0.1, 0.15) is 12.1 Å². The summed E-state index contributed by atoms with van der Waals surface area (Å²) in [6, 6.07) is 9.48. The molecule has 4 heterocycles. The molecule has 2 saturated heterocycles. The van der Waals surface area contributed by atoms with Gasteiger partial charge in [0.2, 0.25) is 0 Å². The van der Waals surface area contributed by atoms with E-state index in [1.807, 2.05) is 30.5 Å². The summed E-state index contributed by atoms with van der Waals surface area (Å²) in [6.07, 6.45) is 6.82. The van der Waals surface area contributed by atoms with Gasteiger partial charge in [0.05, 0.1) is 24.3 Å². The van der Waals surface area contributed by atoms with E-state index < -0.39 is 0 Å². The van der Waals surface area contributed by atoms with Gasteiger partial charge in [0.15, 0.2) is 11.6 Å². The molecule has 8 heteroatoms. The summed E-state index contributed by atoms with van der Waals surface area (Å²) in [7, 11) is 0. The Hall–Kier alpha value is -3.10. The van der Waals surface area contributed by atoms with Crippen LogP contribution in [0.25, 0.3) is 17.1 Å². The van der Waals surface area contributed by atoms with Crippen LogP contribution in [-0.2, 0) is 11.2 Å². The quantitative estimate of drug-likeness (QED) is 0.663. The Morgan fingerprint density at radius 1 is 1.10 bits per heavy atom. The van der Waals surface area contributed by atoms with Gasteiger partial charge in [-0.15, -0.1) is 0 Å². The lowest BCUT2D eigenvalue weighted by Gasteiger charge is -2.55. The largest absolute Gasteiger partial charge is 0.380 e. The summed E-state index contributed by atoms with van der Waals surface area (Å²) >= 11 is 0. The monoisotopic (exact) mass is 404 g/mol. The molecule has 1 spiro atoms. The van der Waals surface area contributed by atoms with Crippen LogP contribution in [0.5, 0.6) is 0 Å². The van der Waals surface area contributed by atoms with Crippen LogP contribution in [0.3, 0.4) is 0 Å². The Morgan fingerprint density at radius 2 is 1.83 bits per heavy atom. The lowest BCUT2D eigenvalue weighted by molar-refractivity contribution is -0.127. The van der Waals surface area contributed by atoms with E-state index in [2.05, 4.69) is 19.9 Å². The summed E-state index contributed by atoms with van der Waals surface area (Å²) in [5, 5.41) is 0.